The number of aromatic nitrogens is 3. The zero-order valence-corrected chi connectivity index (χ0v) is 8.72. The van der Waals surface area contributed by atoms with Crippen LogP contribution in [-0.2, 0) is 13.1 Å². The van der Waals surface area contributed by atoms with Crippen molar-refractivity contribution in [2.75, 3.05) is 0 Å². The quantitative estimate of drug-likeness (QED) is 0.819. The van der Waals surface area contributed by atoms with Gasteiger partial charge in [-0.05, 0) is 12.5 Å². The highest BCUT2D eigenvalue weighted by Crippen LogP contribution is 2.16. The second-order valence-electron chi connectivity index (χ2n) is 3.30. The Bertz CT molecular complexity index is 430. The Kier molecular flexibility index (Phi) is 2.78. The van der Waals surface area contributed by atoms with Crippen LogP contribution in [0.25, 0.3) is 11.4 Å². The van der Waals surface area contributed by atoms with Crippen molar-refractivity contribution in [3.8, 4) is 11.4 Å². The summed E-state index contributed by atoms with van der Waals surface area (Å²) in [6.07, 6.45) is 1.58. The van der Waals surface area contributed by atoms with Crippen LogP contribution in [0.5, 0.6) is 0 Å². The number of rotatable bonds is 3. The third kappa shape index (κ3) is 1.89. The Morgan fingerprint density at radius 1 is 1.27 bits per heavy atom. The van der Waals surface area contributed by atoms with Crippen LogP contribution >= 0.6 is 0 Å². The summed E-state index contributed by atoms with van der Waals surface area (Å²) in [4.78, 5) is 4.23. The number of aryl methyl sites for hydroxylation is 1. The molecule has 0 bridgehead atoms. The van der Waals surface area contributed by atoms with Gasteiger partial charge in [0.25, 0.3) is 0 Å². The minimum Gasteiger partial charge on any atom is -0.326 e. The van der Waals surface area contributed by atoms with E-state index in [1.807, 2.05) is 35.9 Å². The molecule has 1 aromatic carbocycles. The SMILES string of the molecule is CCn1ncnc1-c1ccc(CN)cc1. The molecular weight excluding hydrogens is 188 g/mol. The van der Waals surface area contributed by atoms with Crippen molar-refractivity contribution in [2.24, 2.45) is 5.73 Å². The second kappa shape index (κ2) is 4.23. The topological polar surface area (TPSA) is 56.7 Å². The molecule has 0 fully saturated rings. The third-order valence-corrected chi connectivity index (χ3v) is 2.36. The van der Waals surface area contributed by atoms with E-state index >= 15 is 0 Å². The van der Waals surface area contributed by atoms with Crippen molar-refractivity contribution in [1.29, 1.82) is 0 Å². The van der Waals surface area contributed by atoms with Gasteiger partial charge in [0.1, 0.15) is 6.33 Å². The van der Waals surface area contributed by atoms with Gasteiger partial charge in [0.2, 0.25) is 0 Å². The van der Waals surface area contributed by atoms with Crippen LogP contribution in [0.4, 0.5) is 0 Å². The average molecular weight is 202 g/mol. The number of nitrogens with two attached hydrogens (primary N) is 1. The van der Waals surface area contributed by atoms with Crippen molar-refractivity contribution in [2.45, 2.75) is 20.0 Å². The summed E-state index contributed by atoms with van der Waals surface area (Å²) in [6.45, 7) is 3.45. The molecule has 0 aliphatic heterocycles. The van der Waals surface area contributed by atoms with Gasteiger partial charge in [0.05, 0.1) is 0 Å². The van der Waals surface area contributed by atoms with Gasteiger partial charge >= 0.3 is 0 Å². The molecule has 2 N–H and O–H groups in total. The van der Waals surface area contributed by atoms with Crippen LogP contribution in [-0.4, -0.2) is 14.8 Å². The zero-order chi connectivity index (χ0) is 10.7. The number of hydrogen-bond acceptors (Lipinski definition) is 3. The van der Waals surface area contributed by atoms with Gasteiger partial charge in [-0.1, -0.05) is 24.3 Å². The van der Waals surface area contributed by atoms with Gasteiger partial charge in [0.15, 0.2) is 5.82 Å². The summed E-state index contributed by atoms with van der Waals surface area (Å²) in [5.41, 5.74) is 7.74. The van der Waals surface area contributed by atoms with Crippen molar-refractivity contribution < 1.29 is 0 Å². The summed E-state index contributed by atoms with van der Waals surface area (Å²) in [6, 6.07) is 8.09. The van der Waals surface area contributed by atoms with Gasteiger partial charge in [-0.2, -0.15) is 5.10 Å². The molecule has 1 heterocycles. The maximum atomic E-state index is 5.54. The Morgan fingerprint density at radius 2 is 2.00 bits per heavy atom. The minimum atomic E-state index is 0.570. The molecule has 1 aromatic heterocycles. The highest BCUT2D eigenvalue weighted by atomic mass is 15.3. The molecule has 4 nitrogen and oxygen atoms in total. The molecular formula is C11H14N4. The molecule has 0 spiro atoms. The predicted molar refractivity (Wildman–Crippen MR) is 59.0 cm³/mol. The Morgan fingerprint density at radius 3 is 2.60 bits per heavy atom. The van der Waals surface area contributed by atoms with Gasteiger partial charge < -0.3 is 5.73 Å². The molecule has 0 unspecified atom stereocenters. The highest BCUT2D eigenvalue weighted by Gasteiger charge is 2.04. The fraction of sp³-hybridized carbons (Fsp3) is 0.273. The lowest BCUT2D eigenvalue weighted by atomic mass is 10.1. The smallest absolute Gasteiger partial charge is 0.158 e. The van der Waals surface area contributed by atoms with Crippen molar-refractivity contribution in [3.05, 3.63) is 36.2 Å². The molecule has 0 saturated heterocycles. The Labute approximate surface area is 88.8 Å². The van der Waals surface area contributed by atoms with E-state index in [0.717, 1.165) is 23.5 Å². The lowest BCUT2D eigenvalue weighted by Gasteiger charge is -2.03. The van der Waals surface area contributed by atoms with Crippen LogP contribution in [0.1, 0.15) is 12.5 Å². The van der Waals surface area contributed by atoms with E-state index in [0.29, 0.717) is 6.54 Å². The van der Waals surface area contributed by atoms with E-state index in [1.165, 1.54) is 0 Å². The van der Waals surface area contributed by atoms with Crippen LogP contribution < -0.4 is 5.73 Å². The van der Waals surface area contributed by atoms with Crippen LogP contribution in [0, 0.1) is 0 Å². The number of hydrogen-bond donors (Lipinski definition) is 1. The van der Waals surface area contributed by atoms with E-state index < -0.39 is 0 Å². The molecule has 78 valence electrons. The van der Waals surface area contributed by atoms with Gasteiger partial charge in [-0.25, -0.2) is 9.67 Å². The normalized spacial score (nSPS) is 10.5. The van der Waals surface area contributed by atoms with Gasteiger partial charge in [-0.3, -0.25) is 0 Å². The highest BCUT2D eigenvalue weighted by molar-refractivity contribution is 5.55. The Hall–Kier alpha value is -1.68. The van der Waals surface area contributed by atoms with Crippen LogP contribution in [0.3, 0.4) is 0 Å². The first-order valence-electron chi connectivity index (χ1n) is 5.02. The molecule has 0 aliphatic carbocycles. The summed E-state index contributed by atoms with van der Waals surface area (Å²) < 4.78 is 1.87. The Balaban J connectivity index is 2.37. The van der Waals surface area contributed by atoms with E-state index in [1.54, 1.807) is 6.33 Å². The monoisotopic (exact) mass is 202 g/mol. The molecule has 0 radical (unpaired) electrons. The third-order valence-electron chi connectivity index (χ3n) is 2.36. The fourth-order valence-corrected chi connectivity index (χ4v) is 1.51. The number of benzene rings is 1. The lowest BCUT2D eigenvalue weighted by Crippen LogP contribution is -2.00. The molecule has 0 aliphatic rings. The molecule has 15 heavy (non-hydrogen) atoms. The van der Waals surface area contributed by atoms with Crippen LogP contribution in [0.2, 0.25) is 0 Å². The molecule has 2 aromatic rings. The van der Waals surface area contributed by atoms with Crippen LogP contribution in [0.15, 0.2) is 30.6 Å². The van der Waals surface area contributed by atoms with Crippen molar-refractivity contribution in [3.63, 3.8) is 0 Å². The maximum absolute atomic E-state index is 5.54. The second-order valence-corrected chi connectivity index (χ2v) is 3.30. The number of nitrogens with zero attached hydrogens (tertiary/aromatic N) is 3. The standard InChI is InChI=1S/C11H14N4/c1-2-15-11(13-8-14-15)10-5-3-9(7-12)4-6-10/h3-6,8H,2,7,12H2,1H3. The average Bonchev–Trinajstić information content (AvgIpc) is 2.77. The first-order chi connectivity index (χ1) is 7.35. The maximum Gasteiger partial charge on any atom is 0.158 e. The largest absolute Gasteiger partial charge is 0.326 e. The van der Waals surface area contributed by atoms with Crippen molar-refractivity contribution >= 4 is 0 Å². The molecule has 2 rings (SSSR count). The van der Waals surface area contributed by atoms with Gasteiger partial charge in [-0.15, -0.1) is 0 Å². The first kappa shape index (κ1) is 9.86. The molecule has 4 heteroatoms. The zero-order valence-electron chi connectivity index (χ0n) is 8.72. The summed E-state index contributed by atoms with van der Waals surface area (Å²) in [5.74, 6) is 0.904. The summed E-state index contributed by atoms with van der Waals surface area (Å²) in [7, 11) is 0. The fourth-order valence-electron chi connectivity index (χ4n) is 1.51. The van der Waals surface area contributed by atoms with Crippen molar-refractivity contribution in [1.82, 2.24) is 14.8 Å². The van der Waals surface area contributed by atoms with Gasteiger partial charge in [0, 0.05) is 18.7 Å². The van der Waals surface area contributed by atoms with E-state index in [-0.39, 0.29) is 0 Å². The molecule has 0 amide bonds. The van der Waals surface area contributed by atoms with E-state index in [9.17, 15) is 0 Å². The minimum absolute atomic E-state index is 0.570. The first-order valence-corrected chi connectivity index (χ1v) is 5.02. The predicted octanol–water partition coefficient (Wildman–Crippen LogP) is 1.42. The molecule has 0 atom stereocenters. The van der Waals surface area contributed by atoms with E-state index in [4.69, 9.17) is 5.73 Å². The summed E-state index contributed by atoms with van der Waals surface area (Å²) in [5, 5.41) is 4.13. The lowest BCUT2D eigenvalue weighted by molar-refractivity contribution is 0.666. The van der Waals surface area contributed by atoms with E-state index in [2.05, 4.69) is 10.1 Å². The molecule has 0 saturated carbocycles. The summed E-state index contributed by atoms with van der Waals surface area (Å²) >= 11 is 0.